The van der Waals surface area contributed by atoms with Gasteiger partial charge in [-0.05, 0) is 54.5 Å². The Hall–Kier alpha value is -2.11. The highest BCUT2D eigenvalue weighted by molar-refractivity contribution is 7.91. The minimum absolute atomic E-state index is 0.189. The molecule has 3 unspecified atom stereocenters. The van der Waals surface area contributed by atoms with Gasteiger partial charge in [0.05, 0.1) is 11.6 Å². The Morgan fingerprint density at radius 3 is 2.45 bits per heavy atom. The van der Waals surface area contributed by atoms with Gasteiger partial charge in [-0.1, -0.05) is 6.07 Å². The number of halogens is 3. The van der Waals surface area contributed by atoms with Crippen molar-refractivity contribution in [2.75, 3.05) is 11.9 Å². The third-order valence-corrected chi connectivity index (χ3v) is 8.16. The molecule has 1 saturated carbocycles. The summed E-state index contributed by atoms with van der Waals surface area (Å²) in [6.45, 7) is 0.494. The molecule has 156 valence electrons. The second-order valence-corrected chi connectivity index (χ2v) is 10.1. The van der Waals surface area contributed by atoms with Crippen molar-refractivity contribution in [3.63, 3.8) is 0 Å². The molecular weight excluding hydrogens is 427 g/mol. The predicted molar refractivity (Wildman–Crippen MR) is 102 cm³/mol. The van der Waals surface area contributed by atoms with Gasteiger partial charge in [0.25, 0.3) is 0 Å². The topological polar surface area (TPSA) is 78.5 Å². The molecule has 2 bridgehead atoms. The molecule has 2 amide bonds. The summed E-state index contributed by atoms with van der Waals surface area (Å²) in [5, 5.41) is 4.28. The van der Waals surface area contributed by atoms with Gasteiger partial charge in [-0.3, -0.25) is 0 Å². The van der Waals surface area contributed by atoms with Crippen molar-refractivity contribution in [1.82, 2.24) is 9.62 Å². The molecule has 2 heterocycles. The Labute approximate surface area is 169 Å². The fourth-order valence-corrected chi connectivity index (χ4v) is 6.29. The number of piperidine rings is 1. The standard InChI is InChI=1S/C18H18F3N3O3S2/c19-18(20,21)12-3-5-13(6-4-12)22-17(25)24-10-11-8-14(15(24)9-11)23-29(26,27)16-2-1-7-28-16/h1-7,11,14-15,23H,8-10H2,(H,22,25). The highest BCUT2D eigenvalue weighted by atomic mass is 32.2. The molecule has 1 saturated heterocycles. The fourth-order valence-electron chi connectivity index (χ4n) is 4.00. The Morgan fingerprint density at radius 2 is 1.86 bits per heavy atom. The van der Waals surface area contributed by atoms with Crippen LogP contribution in [0, 0.1) is 5.92 Å². The largest absolute Gasteiger partial charge is 0.416 e. The number of thiophene rings is 1. The lowest BCUT2D eigenvalue weighted by Crippen LogP contribution is -2.52. The number of benzene rings is 1. The molecule has 2 aromatic rings. The molecule has 0 radical (unpaired) electrons. The van der Waals surface area contributed by atoms with Crippen molar-refractivity contribution in [1.29, 1.82) is 0 Å². The third kappa shape index (κ3) is 4.12. The number of carbonyl (C=O) groups is 1. The van der Waals surface area contributed by atoms with Crippen LogP contribution in [0.25, 0.3) is 0 Å². The molecule has 2 N–H and O–H groups in total. The number of hydrogen-bond donors (Lipinski definition) is 2. The summed E-state index contributed by atoms with van der Waals surface area (Å²) >= 11 is 1.12. The first-order valence-electron chi connectivity index (χ1n) is 8.94. The minimum Gasteiger partial charge on any atom is -0.320 e. The Kier molecular flexibility index (Phi) is 5.07. The van der Waals surface area contributed by atoms with E-state index in [0.717, 1.165) is 23.5 Å². The highest BCUT2D eigenvalue weighted by Crippen LogP contribution is 2.39. The molecule has 2 fully saturated rings. The lowest BCUT2D eigenvalue weighted by Gasteiger charge is -2.33. The Bertz CT molecular complexity index is 992. The van der Waals surface area contributed by atoms with Crippen LogP contribution in [-0.4, -0.2) is 38.0 Å². The maximum Gasteiger partial charge on any atom is 0.416 e. The molecule has 1 aliphatic carbocycles. The van der Waals surface area contributed by atoms with Crippen LogP contribution in [0.3, 0.4) is 0 Å². The van der Waals surface area contributed by atoms with Crippen LogP contribution in [-0.2, 0) is 16.2 Å². The van der Waals surface area contributed by atoms with E-state index in [4.69, 9.17) is 0 Å². The summed E-state index contributed by atoms with van der Waals surface area (Å²) in [5.41, 5.74) is -0.541. The minimum atomic E-state index is -4.44. The van der Waals surface area contributed by atoms with Crippen molar-refractivity contribution < 1.29 is 26.4 Å². The third-order valence-electron chi connectivity index (χ3n) is 5.27. The summed E-state index contributed by atoms with van der Waals surface area (Å²) in [6, 6.07) is 6.27. The smallest absolute Gasteiger partial charge is 0.320 e. The van der Waals surface area contributed by atoms with Crippen LogP contribution in [0.2, 0.25) is 0 Å². The van der Waals surface area contributed by atoms with Crippen molar-refractivity contribution >= 4 is 33.1 Å². The molecule has 4 rings (SSSR count). The van der Waals surface area contributed by atoms with E-state index >= 15 is 0 Å². The van der Waals surface area contributed by atoms with Crippen molar-refractivity contribution in [3.8, 4) is 0 Å². The number of alkyl halides is 3. The zero-order valence-corrected chi connectivity index (χ0v) is 16.7. The number of fused-ring (bicyclic) bond motifs is 2. The molecule has 2 aliphatic rings. The molecule has 1 aromatic carbocycles. The normalized spacial score (nSPS) is 24.1. The molecule has 11 heteroatoms. The van der Waals surface area contributed by atoms with Gasteiger partial charge in [0.1, 0.15) is 4.21 Å². The number of hydrogen-bond acceptors (Lipinski definition) is 4. The quantitative estimate of drug-likeness (QED) is 0.753. The molecule has 0 spiro atoms. The summed E-state index contributed by atoms with van der Waals surface area (Å²) in [4.78, 5) is 14.2. The van der Waals surface area contributed by atoms with Crippen molar-refractivity contribution in [2.45, 2.75) is 35.3 Å². The summed E-state index contributed by atoms with van der Waals surface area (Å²) in [6.07, 6.45) is -3.10. The van der Waals surface area contributed by atoms with Crippen LogP contribution in [0.1, 0.15) is 18.4 Å². The lowest BCUT2D eigenvalue weighted by molar-refractivity contribution is -0.137. The van der Waals surface area contributed by atoms with E-state index in [9.17, 15) is 26.4 Å². The van der Waals surface area contributed by atoms with E-state index in [1.54, 1.807) is 16.3 Å². The summed E-state index contributed by atoms with van der Waals surface area (Å²) in [7, 11) is -3.65. The van der Waals surface area contributed by atoms with E-state index in [2.05, 4.69) is 10.0 Å². The first-order chi connectivity index (χ1) is 13.6. The Balaban J connectivity index is 1.42. The number of nitrogens with one attached hydrogen (secondary N) is 2. The predicted octanol–water partition coefficient (Wildman–Crippen LogP) is 3.74. The average Bonchev–Trinajstić information content (AvgIpc) is 3.38. The monoisotopic (exact) mass is 445 g/mol. The maximum absolute atomic E-state index is 12.7. The van der Waals surface area contributed by atoms with E-state index in [1.165, 1.54) is 18.2 Å². The van der Waals surface area contributed by atoms with Gasteiger partial charge in [-0.15, -0.1) is 11.3 Å². The number of nitrogens with zero attached hydrogens (tertiary/aromatic N) is 1. The molecular formula is C18H18F3N3O3S2. The van der Waals surface area contributed by atoms with E-state index < -0.39 is 27.8 Å². The van der Waals surface area contributed by atoms with Gasteiger partial charge in [0.15, 0.2) is 0 Å². The lowest BCUT2D eigenvalue weighted by atomic mass is 10.1. The molecule has 29 heavy (non-hydrogen) atoms. The SMILES string of the molecule is O=C(Nc1ccc(C(F)(F)F)cc1)N1CC2CC(NS(=O)(=O)c3cccs3)C1C2. The van der Waals surface area contributed by atoms with Crippen LogP contribution in [0.15, 0.2) is 46.0 Å². The number of sulfonamides is 1. The second kappa shape index (κ2) is 7.29. The summed E-state index contributed by atoms with van der Waals surface area (Å²) in [5.74, 6) is 0.189. The van der Waals surface area contributed by atoms with Crippen LogP contribution < -0.4 is 10.0 Å². The van der Waals surface area contributed by atoms with Crippen molar-refractivity contribution in [3.05, 3.63) is 47.3 Å². The molecule has 1 aromatic heterocycles. The van der Waals surface area contributed by atoms with Gasteiger partial charge in [0.2, 0.25) is 10.0 Å². The molecule has 6 nitrogen and oxygen atoms in total. The molecule has 3 atom stereocenters. The number of carbonyl (C=O) groups excluding carboxylic acids is 1. The average molecular weight is 445 g/mol. The zero-order valence-electron chi connectivity index (χ0n) is 15.0. The number of amides is 2. The van der Waals surface area contributed by atoms with Crippen molar-refractivity contribution in [2.24, 2.45) is 5.92 Å². The van der Waals surface area contributed by atoms with E-state index in [0.29, 0.717) is 19.4 Å². The fraction of sp³-hybridized carbons (Fsp3) is 0.389. The van der Waals surface area contributed by atoms with Crippen LogP contribution in [0.4, 0.5) is 23.7 Å². The Morgan fingerprint density at radius 1 is 1.14 bits per heavy atom. The maximum atomic E-state index is 12.7. The molecule has 1 aliphatic heterocycles. The number of anilines is 1. The first-order valence-corrected chi connectivity index (χ1v) is 11.3. The summed E-state index contributed by atoms with van der Waals surface area (Å²) < 4.78 is 65.9. The zero-order chi connectivity index (χ0) is 20.8. The number of rotatable bonds is 4. The first kappa shape index (κ1) is 20.2. The van der Waals surface area contributed by atoms with Gasteiger partial charge in [0, 0.05) is 18.3 Å². The number of urea groups is 1. The van der Waals surface area contributed by atoms with Gasteiger partial charge in [-0.2, -0.15) is 13.2 Å². The second-order valence-electron chi connectivity index (χ2n) is 7.22. The van der Waals surface area contributed by atoms with Crippen LogP contribution >= 0.6 is 11.3 Å². The number of likely N-dealkylation sites (tertiary alicyclic amines) is 1. The highest BCUT2D eigenvalue weighted by Gasteiger charge is 2.48. The van der Waals surface area contributed by atoms with Gasteiger partial charge in [-0.25, -0.2) is 17.9 Å². The van der Waals surface area contributed by atoms with Gasteiger partial charge >= 0.3 is 12.2 Å². The van der Waals surface area contributed by atoms with E-state index in [-0.39, 0.29) is 27.9 Å². The van der Waals surface area contributed by atoms with E-state index in [1.807, 2.05) is 0 Å². The van der Waals surface area contributed by atoms with Crippen LogP contribution in [0.5, 0.6) is 0 Å². The van der Waals surface area contributed by atoms with Gasteiger partial charge < -0.3 is 10.2 Å².